The molecule has 36 heavy (non-hydrogen) atoms. The Hall–Kier alpha value is -4.55. The van der Waals surface area contributed by atoms with Crippen LogP contribution in [0, 0.1) is 0 Å². The zero-order valence-corrected chi connectivity index (χ0v) is 19.4. The van der Waals surface area contributed by atoms with Crippen LogP contribution in [0.2, 0.25) is 0 Å². The Morgan fingerprint density at radius 3 is 1.67 bits per heavy atom. The van der Waals surface area contributed by atoms with Gasteiger partial charge in [-0.3, -0.25) is 4.79 Å². The highest BCUT2D eigenvalue weighted by atomic mass is 16.6. The van der Waals surface area contributed by atoms with Gasteiger partial charge in [-0.1, -0.05) is 84.9 Å². The van der Waals surface area contributed by atoms with E-state index in [-0.39, 0.29) is 30.1 Å². The SMILES string of the molecule is O=C(OCCOC(=O)c1cccc(C(O)c2ccccc2)c1)c1cccc(C(=O)c2ccccc2)c1. The number of ketones is 1. The van der Waals surface area contributed by atoms with Gasteiger partial charge >= 0.3 is 11.9 Å². The lowest BCUT2D eigenvalue weighted by Gasteiger charge is -2.12. The lowest BCUT2D eigenvalue weighted by Crippen LogP contribution is -2.15. The molecule has 0 fully saturated rings. The summed E-state index contributed by atoms with van der Waals surface area (Å²) in [7, 11) is 0. The van der Waals surface area contributed by atoms with Gasteiger partial charge < -0.3 is 14.6 Å². The Bertz CT molecular complexity index is 1350. The quantitative estimate of drug-likeness (QED) is 0.206. The summed E-state index contributed by atoms with van der Waals surface area (Å²) in [5.74, 6) is -1.41. The minimum absolute atomic E-state index is 0.140. The second kappa shape index (κ2) is 11.7. The molecule has 0 aromatic heterocycles. The molecular weight excluding hydrogens is 456 g/mol. The predicted molar refractivity (Wildman–Crippen MR) is 134 cm³/mol. The standard InChI is InChI=1S/C30H24O6/c31-27(21-9-3-1-4-10-21)23-13-7-15-25(19-23)29(33)35-17-18-36-30(34)26-16-8-14-24(20-26)28(32)22-11-5-2-6-12-22/h1-16,19-20,27,31H,17-18H2. The van der Waals surface area contributed by atoms with Crippen molar-refractivity contribution in [1.29, 1.82) is 0 Å². The maximum Gasteiger partial charge on any atom is 0.338 e. The van der Waals surface area contributed by atoms with Gasteiger partial charge in [-0.15, -0.1) is 0 Å². The van der Waals surface area contributed by atoms with E-state index in [0.29, 0.717) is 22.3 Å². The molecule has 0 aliphatic carbocycles. The number of aliphatic hydroxyl groups is 1. The van der Waals surface area contributed by atoms with Gasteiger partial charge in [-0.25, -0.2) is 9.59 Å². The van der Waals surface area contributed by atoms with Crippen molar-refractivity contribution in [2.45, 2.75) is 6.10 Å². The summed E-state index contributed by atoms with van der Waals surface area (Å²) in [5, 5.41) is 10.6. The van der Waals surface area contributed by atoms with Gasteiger partial charge in [-0.2, -0.15) is 0 Å². The van der Waals surface area contributed by atoms with Crippen molar-refractivity contribution in [3.63, 3.8) is 0 Å². The zero-order chi connectivity index (χ0) is 25.3. The fraction of sp³-hybridized carbons (Fsp3) is 0.100. The van der Waals surface area contributed by atoms with Gasteiger partial charge in [0.25, 0.3) is 0 Å². The molecule has 0 saturated heterocycles. The zero-order valence-electron chi connectivity index (χ0n) is 19.4. The first-order valence-electron chi connectivity index (χ1n) is 11.4. The van der Waals surface area contributed by atoms with E-state index in [1.807, 2.05) is 24.3 Å². The van der Waals surface area contributed by atoms with Crippen molar-refractivity contribution < 1.29 is 29.0 Å². The number of rotatable bonds is 9. The third kappa shape index (κ3) is 6.11. The monoisotopic (exact) mass is 480 g/mol. The fourth-order valence-electron chi connectivity index (χ4n) is 3.64. The Kier molecular flexibility index (Phi) is 8.01. The topological polar surface area (TPSA) is 89.9 Å². The van der Waals surface area contributed by atoms with E-state index in [1.54, 1.807) is 78.9 Å². The van der Waals surface area contributed by atoms with E-state index in [4.69, 9.17) is 9.47 Å². The summed E-state index contributed by atoms with van der Waals surface area (Å²) in [6.45, 7) is -0.285. The van der Waals surface area contributed by atoms with Crippen LogP contribution in [0.15, 0.2) is 109 Å². The van der Waals surface area contributed by atoms with Crippen LogP contribution in [0.25, 0.3) is 0 Å². The summed E-state index contributed by atoms with van der Waals surface area (Å²) < 4.78 is 10.4. The van der Waals surface area contributed by atoms with E-state index in [9.17, 15) is 19.5 Å². The maximum absolute atomic E-state index is 12.6. The molecule has 4 aromatic rings. The molecule has 1 unspecified atom stereocenters. The van der Waals surface area contributed by atoms with Crippen molar-refractivity contribution in [3.8, 4) is 0 Å². The third-order valence-electron chi connectivity index (χ3n) is 5.50. The lowest BCUT2D eigenvalue weighted by atomic mass is 10.00. The molecule has 0 spiro atoms. The molecule has 0 amide bonds. The number of carbonyl (C=O) groups is 3. The number of hydrogen-bond donors (Lipinski definition) is 1. The van der Waals surface area contributed by atoms with E-state index in [2.05, 4.69) is 0 Å². The Morgan fingerprint density at radius 2 is 1.03 bits per heavy atom. The van der Waals surface area contributed by atoms with Crippen molar-refractivity contribution in [1.82, 2.24) is 0 Å². The van der Waals surface area contributed by atoms with Crippen LogP contribution in [-0.2, 0) is 9.47 Å². The molecule has 6 nitrogen and oxygen atoms in total. The van der Waals surface area contributed by atoms with Gasteiger partial charge in [0, 0.05) is 11.1 Å². The average Bonchev–Trinajstić information content (AvgIpc) is 2.95. The fourth-order valence-corrected chi connectivity index (χ4v) is 3.64. The van der Waals surface area contributed by atoms with Gasteiger partial charge in [0.15, 0.2) is 5.78 Å². The Morgan fingerprint density at radius 1 is 0.556 bits per heavy atom. The molecule has 180 valence electrons. The summed E-state index contributed by atoms with van der Waals surface area (Å²) in [5.41, 5.74) is 2.68. The first-order chi connectivity index (χ1) is 17.5. The van der Waals surface area contributed by atoms with Crippen molar-refractivity contribution in [2.75, 3.05) is 13.2 Å². The number of hydrogen-bond acceptors (Lipinski definition) is 6. The molecule has 4 rings (SSSR count). The summed E-state index contributed by atoms with van der Waals surface area (Å²) in [6, 6.07) is 30.7. The number of aliphatic hydroxyl groups excluding tert-OH is 1. The molecule has 0 heterocycles. The Labute approximate surface area is 208 Å². The maximum atomic E-state index is 12.6. The average molecular weight is 481 g/mol. The second-order valence-corrected chi connectivity index (χ2v) is 7.99. The molecule has 1 N–H and O–H groups in total. The van der Waals surface area contributed by atoms with Crippen molar-refractivity contribution in [2.24, 2.45) is 0 Å². The smallest absolute Gasteiger partial charge is 0.338 e. The first-order valence-corrected chi connectivity index (χ1v) is 11.4. The Balaban J connectivity index is 1.30. The highest BCUT2D eigenvalue weighted by molar-refractivity contribution is 6.09. The summed E-state index contributed by atoms with van der Waals surface area (Å²) in [6.07, 6.45) is -0.871. The molecule has 0 saturated carbocycles. The molecule has 6 heteroatoms. The lowest BCUT2D eigenvalue weighted by molar-refractivity contribution is 0.0265. The van der Waals surface area contributed by atoms with Crippen LogP contribution in [0.3, 0.4) is 0 Å². The third-order valence-corrected chi connectivity index (χ3v) is 5.50. The van der Waals surface area contributed by atoms with Gasteiger partial charge in [0.05, 0.1) is 11.1 Å². The highest BCUT2D eigenvalue weighted by Crippen LogP contribution is 2.22. The molecule has 0 bridgehead atoms. The number of ether oxygens (including phenoxy) is 2. The number of carbonyl (C=O) groups excluding carboxylic acids is 3. The van der Waals surface area contributed by atoms with Crippen LogP contribution in [0.4, 0.5) is 0 Å². The summed E-state index contributed by atoms with van der Waals surface area (Å²) >= 11 is 0. The molecular formula is C30H24O6. The normalized spacial score (nSPS) is 11.4. The van der Waals surface area contributed by atoms with E-state index >= 15 is 0 Å². The van der Waals surface area contributed by atoms with Crippen LogP contribution in [0.5, 0.6) is 0 Å². The summed E-state index contributed by atoms with van der Waals surface area (Å²) in [4.78, 5) is 37.5. The molecule has 0 aliphatic heterocycles. The molecule has 4 aromatic carbocycles. The minimum Gasteiger partial charge on any atom is -0.458 e. The molecule has 0 aliphatic rings. The number of benzene rings is 4. The van der Waals surface area contributed by atoms with Gasteiger partial charge in [0.1, 0.15) is 19.3 Å². The highest BCUT2D eigenvalue weighted by Gasteiger charge is 2.15. The largest absolute Gasteiger partial charge is 0.458 e. The van der Waals surface area contributed by atoms with Gasteiger partial charge in [-0.05, 0) is 35.4 Å². The van der Waals surface area contributed by atoms with Crippen molar-refractivity contribution >= 4 is 17.7 Å². The molecule has 0 radical (unpaired) electrons. The number of esters is 2. The van der Waals surface area contributed by atoms with Crippen LogP contribution in [0.1, 0.15) is 53.9 Å². The van der Waals surface area contributed by atoms with E-state index in [1.165, 1.54) is 6.07 Å². The molecule has 1 atom stereocenters. The van der Waals surface area contributed by atoms with Crippen LogP contribution >= 0.6 is 0 Å². The van der Waals surface area contributed by atoms with Crippen molar-refractivity contribution in [3.05, 3.63) is 143 Å². The first kappa shape index (κ1) is 24.6. The van der Waals surface area contributed by atoms with E-state index < -0.39 is 18.0 Å². The predicted octanol–water partition coefficient (Wildman–Crippen LogP) is 5.01. The second-order valence-electron chi connectivity index (χ2n) is 7.99. The van der Waals surface area contributed by atoms with Crippen LogP contribution in [-0.4, -0.2) is 36.0 Å². The minimum atomic E-state index is -0.871. The van der Waals surface area contributed by atoms with Crippen LogP contribution < -0.4 is 0 Å². The van der Waals surface area contributed by atoms with Gasteiger partial charge in [0.2, 0.25) is 0 Å². The van der Waals surface area contributed by atoms with E-state index in [0.717, 1.165) is 0 Å².